The van der Waals surface area contributed by atoms with E-state index >= 15 is 0 Å². The zero-order valence-corrected chi connectivity index (χ0v) is 23.7. The van der Waals surface area contributed by atoms with Gasteiger partial charge in [0.05, 0.1) is 5.92 Å². The Morgan fingerprint density at radius 2 is 1.44 bits per heavy atom. The van der Waals surface area contributed by atoms with E-state index in [1.54, 1.807) is 6.92 Å². The molecule has 2 aromatic rings. The molecule has 1 saturated carbocycles. The first-order chi connectivity index (χ1) is 19.4. The lowest BCUT2D eigenvalue weighted by Crippen LogP contribution is -2.67. The molecular weight excluding hydrogens is 534 g/mol. The SMILES string of the molecule is CC(=O)OCC1OC(OC(C)=O)C(NC(=O)C(C)c2ccc3cc(C4CC4)ccc3c2)C(OC(C)=O)C1OC(C)=O. The molecule has 0 spiro atoms. The second kappa shape index (κ2) is 12.7. The number of fused-ring (bicyclic) bond motifs is 1. The van der Waals surface area contributed by atoms with E-state index in [0.717, 1.165) is 37.1 Å². The zero-order valence-electron chi connectivity index (χ0n) is 23.7. The molecule has 2 fully saturated rings. The molecule has 41 heavy (non-hydrogen) atoms. The second-order valence-corrected chi connectivity index (χ2v) is 10.5. The Morgan fingerprint density at radius 3 is 2.05 bits per heavy atom. The van der Waals surface area contributed by atoms with E-state index in [1.165, 1.54) is 25.3 Å². The molecule has 0 bridgehead atoms. The van der Waals surface area contributed by atoms with Crippen molar-refractivity contribution in [2.45, 2.75) is 89.9 Å². The zero-order chi connectivity index (χ0) is 29.8. The molecule has 2 aromatic carbocycles. The summed E-state index contributed by atoms with van der Waals surface area (Å²) in [4.78, 5) is 61.1. The Morgan fingerprint density at radius 1 is 0.829 bits per heavy atom. The Kier molecular flexibility index (Phi) is 9.27. The van der Waals surface area contributed by atoms with Gasteiger partial charge in [-0.25, -0.2) is 0 Å². The van der Waals surface area contributed by atoms with E-state index < -0.39 is 66.3 Å². The maximum atomic E-state index is 13.6. The number of ether oxygens (including phenoxy) is 5. The topological polar surface area (TPSA) is 144 Å². The summed E-state index contributed by atoms with van der Waals surface area (Å²) in [7, 11) is 0. The minimum absolute atomic E-state index is 0.389. The highest BCUT2D eigenvalue weighted by Crippen LogP contribution is 2.41. The highest BCUT2D eigenvalue weighted by atomic mass is 16.7. The van der Waals surface area contributed by atoms with Crippen LogP contribution >= 0.6 is 0 Å². The number of hydrogen-bond donors (Lipinski definition) is 1. The van der Waals surface area contributed by atoms with Crippen LogP contribution in [0, 0.1) is 0 Å². The van der Waals surface area contributed by atoms with Crippen LogP contribution in [-0.2, 0) is 47.7 Å². The lowest BCUT2D eigenvalue weighted by Gasteiger charge is -2.44. The number of carbonyl (C=O) groups is 5. The number of benzene rings is 2. The van der Waals surface area contributed by atoms with E-state index in [9.17, 15) is 24.0 Å². The second-order valence-electron chi connectivity index (χ2n) is 10.5. The third kappa shape index (κ3) is 7.60. The van der Waals surface area contributed by atoms with E-state index in [2.05, 4.69) is 17.4 Å². The summed E-state index contributed by atoms with van der Waals surface area (Å²) < 4.78 is 27.2. The van der Waals surface area contributed by atoms with Crippen molar-refractivity contribution in [3.8, 4) is 0 Å². The molecule has 6 unspecified atom stereocenters. The summed E-state index contributed by atoms with van der Waals surface area (Å²) in [5.74, 6) is -3.34. The van der Waals surface area contributed by atoms with Gasteiger partial charge < -0.3 is 29.0 Å². The standard InChI is InChI=1S/C30H35NO10/c1-15(21-8-9-24-13-22(20-6-7-20)10-11-23(24)12-21)29(36)31-26-28(39-18(4)34)27(38-17(3)33)25(14-37-16(2)32)41-30(26)40-19(5)35/h8-13,15,20,25-28,30H,6-7,14H2,1-5H3,(H,31,36). The van der Waals surface area contributed by atoms with E-state index in [0.29, 0.717) is 5.92 Å². The molecule has 1 aliphatic heterocycles. The van der Waals surface area contributed by atoms with Gasteiger partial charge in [0.2, 0.25) is 12.2 Å². The van der Waals surface area contributed by atoms with E-state index in [4.69, 9.17) is 23.7 Å². The van der Waals surface area contributed by atoms with Gasteiger partial charge in [-0.3, -0.25) is 24.0 Å². The van der Waals surface area contributed by atoms with Crippen LogP contribution < -0.4 is 5.32 Å². The third-order valence-corrected chi connectivity index (χ3v) is 7.12. The predicted octanol–water partition coefficient (Wildman–Crippen LogP) is 3.02. The van der Waals surface area contributed by atoms with Crippen LogP contribution in [0.5, 0.6) is 0 Å². The van der Waals surface area contributed by atoms with Gasteiger partial charge in [-0.15, -0.1) is 0 Å². The van der Waals surface area contributed by atoms with Gasteiger partial charge in [0.25, 0.3) is 0 Å². The van der Waals surface area contributed by atoms with Crippen molar-refractivity contribution in [1.29, 1.82) is 0 Å². The van der Waals surface area contributed by atoms with Crippen molar-refractivity contribution in [2.24, 2.45) is 0 Å². The van der Waals surface area contributed by atoms with Crippen LogP contribution in [0.3, 0.4) is 0 Å². The van der Waals surface area contributed by atoms with Crippen LogP contribution in [0.4, 0.5) is 0 Å². The molecule has 11 heteroatoms. The highest BCUT2D eigenvalue weighted by Gasteiger charge is 2.52. The van der Waals surface area contributed by atoms with Gasteiger partial charge >= 0.3 is 23.9 Å². The van der Waals surface area contributed by atoms with Crippen LogP contribution in [0.1, 0.15) is 70.4 Å². The van der Waals surface area contributed by atoms with Crippen molar-refractivity contribution in [3.63, 3.8) is 0 Å². The van der Waals surface area contributed by atoms with Crippen molar-refractivity contribution in [2.75, 3.05) is 6.61 Å². The van der Waals surface area contributed by atoms with Gasteiger partial charge in [-0.1, -0.05) is 36.4 Å². The van der Waals surface area contributed by atoms with E-state index in [1.807, 2.05) is 24.3 Å². The molecule has 0 radical (unpaired) electrons. The molecule has 1 heterocycles. The minimum atomic E-state index is -1.45. The highest BCUT2D eigenvalue weighted by molar-refractivity contribution is 5.88. The molecule has 6 atom stereocenters. The Bertz CT molecular complexity index is 1340. The number of nitrogens with one attached hydrogen (secondary N) is 1. The van der Waals surface area contributed by atoms with Crippen molar-refractivity contribution in [3.05, 3.63) is 47.5 Å². The molecule has 1 N–H and O–H groups in total. The van der Waals surface area contributed by atoms with Crippen molar-refractivity contribution in [1.82, 2.24) is 5.32 Å². The lowest BCUT2D eigenvalue weighted by atomic mass is 9.93. The van der Waals surface area contributed by atoms with Crippen molar-refractivity contribution >= 4 is 40.6 Å². The van der Waals surface area contributed by atoms with Crippen molar-refractivity contribution < 1.29 is 47.7 Å². The van der Waals surface area contributed by atoms with Crippen LogP contribution in [-0.4, -0.2) is 67.0 Å². The fourth-order valence-electron chi connectivity index (χ4n) is 4.98. The largest absolute Gasteiger partial charge is 0.463 e. The first-order valence-electron chi connectivity index (χ1n) is 13.6. The smallest absolute Gasteiger partial charge is 0.305 e. The summed E-state index contributed by atoms with van der Waals surface area (Å²) >= 11 is 0. The van der Waals surface area contributed by atoms with Gasteiger partial charge in [-0.2, -0.15) is 0 Å². The first kappa shape index (κ1) is 30.0. The molecule has 4 rings (SSSR count). The Hall–Kier alpha value is -3.99. The van der Waals surface area contributed by atoms with Gasteiger partial charge in [0.1, 0.15) is 18.8 Å². The number of rotatable bonds is 9. The fraction of sp³-hybridized carbons (Fsp3) is 0.500. The van der Waals surface area contributed by atoms with Gasteiger partial charge in [0.15, 0.2) is 12.2 Å². The number of amides is 1. The average Bonchev–Trinajstić information content (AvgIpc) is 3.74. The summed E-state index contributed by atoms with van der Waals surface area (Å²) in [5.41, 5.74) is 2.05. The quantitative estimate of drug-likeness (QED) is 0.354. The van der Waals surface area contributed by atoms with Crippen LogP contribution in [0.2, 0.25) is 0 Å². The summed E-state index contributed by atoms with van der Waals surface area (Å²) in [5, 5.41) is 4.85. The molecule has 1 aliphatic carbocycles. The summed E-state index contributed by atoms with van der Waals surface area (Å²) in [6.45, 7) is 5.95. The molecular formula is C30H35NO10. The van der Waals surface area contributed by atoms with Gasteiger partial charge in [0, 0.05) is 27.7 Å². The lowest BCUT2D eigenvalue weighted by molar-refractivity contribution is -0.271. The molecule has 1 amide bonds. The monoisotopic (exact) mass is 569 g/mol. The number of esters is 4. The van der Waals surface area contributed by atoms with Gasteiger partial charge in [-0.05, 0) is 47.6 Å². The number of hydrogen-bond acceptors (Lipinski definition) is 10. The average molecular weight is 570 g/mol. The fourth-order valence-corrected chi connectivity index (χ4v) is 4.98. The first-order valence-corrected chi connectivity index (χ1v) is 13.6. The molecule has 11 nitrogen and oxygen atoms in total. The maximum absolute atomic E-state index is 13.6. The molecule has 1 saturated heterocycles. The maximum Gasteiger partial charge on any atom is 0.305 e. The predicted molar refractivity (Wildman–Crippen MR) is 144 cm³/mol. The normalized spacial score (nSPS) is 24.6. The summed E-state index contributed by atoms with van der Waals surface area (Å²) in [6.07, 6.45) is -2.82. The Labute approximate surface area is 237 Å². The van der Waals surface area contributed by atoms with Crippen LogP contribution in [0.25, 0.3) is 10.8 Å². The van der Waals surface area contributed by atoms with E-state index in [-0.39, 0.29) is 6.61 Å². The molecule has 2 aliphatic rings. The third-order valence-electron chi connectivity index (χ3n) is 7.12. The summed E-state index contributed by atoms with van der Waals surface area (Å²) in [6, 6.07) is 10.9. The molecule has 0 aromatic heterocycles. The molecule has 220 valence electrons. The number of carbonyl (C=O) groups excluding carboxylic acids is 5. The minimum Gasteiger partial charge on any atom is -0.463 e. The Balaban J connectivity index is 1.61. The van der Waals surface area contributed by atoms with Crippen LogP contribution in [0.15, 0.2) is 36.4 Å².